The first-order chi connectivity index (χ1) is 12.3. The molecule has 0 unspecified atom stereocenters. The zero-order chi connectivity index (χ0) is 19.3. The number of nitrogens with two attached hydrogens (primary N) is 1. The van der Waals surface area contributed by atoms with Crippen LogP contribution in [0.25, 0.3) is 10.9 Å². The molecule has 8 heteroatoms. The minimum atomic E-state index is -1.16. The highest BCUT2D eigenvalue weighted by Crippen LogP contribution is 2.19. The second kappa shape index (κ2) is 8.48. The minimum absolute atomic E-state index is 0.0918. The Labute approximate surface area is 151 Å². The first kappa shape index (κ1) is 19.5. The Morgan fingerprint density at radius 3 is 2.54 bits per heavy atom. The topological polar surface area (TPSA) is 137 Å². The third kappa shape index (κ3) is 4.82. The summed E-state index contributed by atoms with van der Waals surface area (Å²) >= 11 is 0. The summed E-state index contributed by atoms with van der Waals surface area (Å²) in [4.78, 5) is 38.5. The fourth-order valence-corrected chi connectivity index (χ4v) is 2.59. The molecule has 0 saturated carbocycles. The summed E-state index contributed by atoms with van der Waals surface area (Å²) in [6.07, 6.45) is 1.99. The van der Waals surface area contributed by atoms with Crippen molar-refractivity contribution in [2.75, 3.05) is 6.54 Å². The lowest BCUT2D eigenvalue weighted by atomic mass is 10.0. The number of fused-ring (bicyclic) bond motifs is 1. The fourth-order valence-electron chi connectivity index (χ4n) is 2.59. The largest absolute Gasteiger partial charge is 0.480 e. The van der Waals surface area contributed by atoms with Crippen LogP contribution < -0.4 is 16.4 Å². The van der Waals surface area contributed by atoms with Crippen LogP contribution in [0.3, 0.4) is 0 Å². The van der Waals surface area contributed by atoms with Gasteiger partial charge in [-0.2, -0.15) is 0 Å². The maximum Gasteiger partial charge on any atom is 0.322 e. The van der Waals surface area contributed by atoms with Crippen molar-refractivity contribution in [2.24, 2.45) is 11.7 Å². The van der Waals surface area contributed by atoms with E-state index in [-0.39, 0.29) is 12.3 Å². The van der Waals surface area contributed by atoms with Crippen molar-refractivity contribution in [1.29, 1.82) is 0 Å². The fraction of sp³-hybridized carbons (Fsp3) is 0.389. The van der Waals surface area contributed by atoms with Gasteiger partial charge in [0.1, 0.15) is 12.6 Å². The number of carboxylic acids is 1. The average molecular weight is 360 g/mol. The molecule has 8 nitrogen and oxygen atoms in total. The highest BCUT2D eigenvalue weighted by Gasteiger charge is 2.26. The molecule has 26 heavy (non-hydrogen) atoms. The van der Waals surface area contributed by atoms with E-state index in [4.69, 9.17) is 10.8 Å². The van der Waals surface area contributed by atoms with Gasteiger partial charge in [-0.15, -0.1) is 0 Å². The van der Waals surface area contributed by atoms with Gasteiger partial charge in [0.2, 0.25) is 11.8 Å². The van der Waals surface area contributed by atoms with Gasteiger partial charge >= 0.3 is 5.97 Å². The highest BCUT2D eigenvalue weighted by atomic mass is 16.4. The van der Waals surface area contributed by atoms with E-state index in [2.05, 4.69) is 15.6 Å². The van der Waals surface area contributed by atoms with Gasteiger partial charge in [-0.3, -0.25) is 14.4 Å². The highest BCUT2D eigenvalue weighted by molar-refractivity contribution is 5.92. The number of amides is 2. The van der Waals surface area contributed by atoms with Gasteiger partial charge in [0.25, 0.3) is 0 Å². The van der Waals surface area contributed by atoms with E-state index in [1.54, 1.807) is 6.20 Å². The van der Waals surface area contributed by atoms with Crippen LogP contribution in [0.5, 0.6) is 0 Å². The summed E-state index contributed by atoms with van der Waals surface area (Å²) in [5.74, 6) is -2.27. The summed E-state index contributed by atoms with van der Waals surface area (Å²) in [6, 6.07) is 5.91. The molecule has 2 amide bonds. The van der Waals surface area contributed by atoms with Crippen LogP contribution in [0.15, 0.2) is 30.5 Å². The Morgan fingerprint density at radius 1 is 1.19 bits per heavy atom. The zero-order valence-corrected chi connectivity index (χ0v) is 14.8. The van der Waals surface area contributed by atoms with Crippen molar-refractivity contribution < 1.29 is 19.5 Å². The molecule has 140 valence electrons. The Bertz CT molecular complexity index is 799. The van der Waals surface area contributed by atoms with Crippen molar-refractivity contribution in [1.82, 2.24) is 15.6 Å². The summed E-state index contributed by atoms with van der Waals surface area (Å²) in [5, 5.41) is 14.6. The molecule has 1 heterocycles. The number of hydrogen-bond donors (Lipinski definition) is 5. The molecule has 0 aliphatic carbocycles. The van der Waals surface area contributed by atoms with Gasteiger partial charge in [-0.25, -0.2) is 0 Å². The lowest BCUT2D eigenvalue weighted by molar-refractivity contribution is -0.138. The van der Waals surface area contributed by atoms with E-state index in [0.717, 1.165) is 16.5 Å². The van der Waals surface area contributed by atoms with Crippen LogP contribution in [0, 0.1) is 5.92 Å². The van der Waals surface area contributed by atoms with Crippen LogP contribution in [0.1, 0.15) is 19.4 Å². The molecular formula is C18H24N4O4. The van der Waals surface area contributed by atoms with Crippen molar-refractivity contribution in [2.45, 2.75) is 32.4 Å². The number of para-hydroxylation sites is 1. The van der Waals surface area contributed by atoms with E-state index in [9.17, 15) is 14.4 Å². The maximum absolute atomic E-state index is 12.4. The Balaban J connectivity index is 2.20. The van der Waals surface area contributed by atoms with Crippen LogP contribution in [-0.4, -0.2) is 46.5 Å². The summed E-state index contributed by atoms with van der Waals surface area (Å²) in [6.45, 7) is 3.10. The lowest BCUT2D eigenvalue weighted by Gasteiger charge is -2.21. The number of aromatic amines is 1. The molecule has 2 aromatic rings. The molecule has 2 atom stereocenters. The second-order valence-electron chi connectivity index (χ2n) is 6.51. The summed E-state index contributed by atoms with van der Waals surface area (Å²) in [5.41, 5.74) is 7.61. The number of benzene rings is 1. The maximum atomic E-state index is 12.4. The molecule has 0 fully saturated rings. The van der Waals surface area contributed by atoms with Gasteiger partial charge in [0, 0.05) is 23.5 Å². The SMILES string of the molecule is CC(C)[C@H](N)C(=O)N[C@@H](Cc1c[nH]c2ccccc12)C(=O)NCC(=O)O. The van der Waals surface area contributed by atoms with Crippen molar-refractivity contribution in [3.63, 3.8) is 0 Å². The monoisotopic (exact) mass is 360 g/mol. The third-order valence-electron chi connectivity index (χ3n) is 4.17. The number of hydrogen-bond acceptors (Lipinski definition) is 4. The molecule has 0 bridgehead atoms. The van der Waals surface area contributed by atoms with Crippen LogP contribution >= 0.6 is 0 Å². The minimum Gasteiger partial charge on any atom is -0.480 e. The van der Waals surface area contributed by atoms with Crippen LogP contribution in [0.4, 0.5) is 0 Å². The summed E-state index contributed by atoms with van der Waals surface area (Å²) in [7, 11) is 0. The van der Waals surface area contributed by atoms with Crippen LogP contribution in [-0.2, 0) is 20.8 Å². The molecule has 6 N–H and O–H groups in total. The molecular weight excluding hydrogens is 336 g/mol. The molecule has 0 aliphatic rings. The lowest BCUT2D eigenvalue weighted by Crippen LogP contribution is -2.54. The van der Waals surface area contributed by atoms with E-state index >= 15 is 0 Å². The first-order valence-corrected chi connectivity index (χ1v) is 8.40. The third-order valence-corrected chi connectivity index (χ3v) is 4.17. The predicted molar refractivity (Wildman–Crippen MR) is 97.4 cm³/mol. The van der Waals surface area contributed by atoms with E-state index in [0.29, 0.717) is 0 Å². The number of carbonyl (C=O) groups is 3. The normalized spacial score (nSPS) is 13.4. The number of nitrogens with one attached hydrogen (secondary N) is 3. The van der Waals surface area contributed by atoms with Gasteiger partial charge < -0.3 is 26.5 Å². The van der Waals surface area contributed by atoms with Gasteiger partial charge in [0.05, 0.1) is 6.04 Å². The number of aromatic nitrogens is 1. The number of H-pyrrole nitrogens is 1. The molecule has 0 radical (unpaired) electrons. The Kier molecular flexibility index (Phi) is 6.35. The molecule has 0 spiro atoms. The molecule has 1 aromatic carbocycles. The smallest absolute Gasteiger partial charge is 0.322 e. The Morgan fingerprint density at radius 2 is 1.88 bits per heavy atom. The van der Waals surface area contributed by atoms with E-state index in [1.165, 1.54) is 0 Å². The average Bonchev–Trinajstić information content (AvgIpc) is 3.01. The number of carbonyl (C=O) groups excluding carboxylic acids is 2. The molecule has 1 aromatic heterocycles. The standard InChI is InChI=1S/C18H24N4O4/c1-10(2)16(19)18(26)22-14(17(25)21-9-15(23)24)7-11-8-20-13-6-4-3-5-12(11)13/h3-6,8,10,14,16,20H,7,9,19H2,1-2H3,(H,21,25)(H,22,26)(H,23,24)/t14-,16-/m0/s1. The quantitative estimate of drug-likeness (QED) is 0.463. The molecule has 2 rings (SSSR count). The van der Waals surface area contributed by atoms with Crippen molar-refractivity contribution in [3.05, 3.63) is 36.0 Å². The Hall–Kier alpha value is -2.87. The van der Waals surface area contributed by atoms with Crippen molar-refractivity contribution >= 4 is 28.7 Å². The van der Waals surface area contributed by atoms with Gasteiger partial charge in [0.15, 0.2) is 0 Å². The first-order valence-electron chi connectivity index (χ1n) is 8.40. The van der Waals surface area contributed by atoms with Crippen LogP contribution in [0.2, 0.25) is 0 Å². The molecule has 0 saturated heterocycles. The number of aliphatic carboxylic acids is 1. The number of rotatable bonds is 8. The van der Waals surface area contributed by atoms with Crippen molar-refractivity contribution in [3.8, 4) is 0 Å². The summed E-state index contributed by atoms with van der Waals surface area (Å²) < 4.78 is 0. The molecule has 0 aliphatic heterocycles. The van der Waals surface area contributed by atoms with E-state index < -0.39 is 36.4 Å². The second-order valence-corrected chi connectivity index (χ2v) is 6.51. The van der Waals surface area contributed by atoms with Gasteiger partial charge in [-0.05, 0) is 17.5 Å². The zero-order valence-electron chi connectivity index (χ0n) is 14.8. The van der Waals surface area contributed by atoms with Gasteiger partial charge in [-0.1, -0.05) is 32.0 Å². The predicted octanol–water partition coefficient (Wildman–Crippen LogP) is 0.379. The number of carboxylic acid groups (broad SMARTS) is 1. The van der Waals surface area contributed by atoms with E-state index in [1.807, 2.05) is 38.1 Å².